The van der Waals surface area contributed by atoms with Gasteiger partial charge in [0.2, 0.25) is 38.5 Å². The van der Waals surface area contributed by atoms with Gasteiger partial charge in [-0.2, -0.15) is 0 Å². The maximum atomic E-state index is 12.8. The summed E-state index contributed by atoms with van der Waals surface area (Å²) >= 11 is 0. The number of likely N-dealkylation sites (tertiary alicyclic amines) is 6. The second-order valence-electron chi connectivity index (χ2n) is 33.8. The van der Waals surface area contributed by atoms with Crippen molar-refractivity contribution in [3.8, 4) is 11.3 Å². The van der Waals surface area contributed by atoms with Crippen LogP contribution >= 0.6 is 0 Å². The quantitative estimate of drug-likeness (QED) is 0.0732. The molecule has 680 valence electrons. The first-order valence-electron chi connectivity index (χ1n) is 44.3. The SMILES string of the molecule is CN1CCN(C(=O)c2ccc3c(c2)[nH]c(=O)n3C2CCN(C=O)CC2)CC1.O=CN1CCC(N2C(=O)NCc3ccccc32)CC1.O=CN1CCC(N2Cc3cccnc3NC2=O)CC1.O=CN1CCC(n2c(=O)[nH]c3cc(C(=O)N4CCOCC4)ccc32)CC1.O=CN1CCC(n2c(=O)[nH]c3cncnc32)CC1.O=CN1CCC(n2cc(-c3ccccc3)[nH]c2=O)CC1. The van der Waals surface area contributed by atoms with Gasteiger partial charge in [0.25, 0.3) is 11.8 Å². The number of rotatable bonds is 15. The Morgan fingerprint density at radius 3 is 1.40 bits per heavy atom. The number of ether oxygens (including phenoxy) is 1. The Morgan fingerprint density at radius 2 is 0.876 bits per heavy atom. The van der Waals surface area contributed by atoms with Crippen LogP contribution in [0.15, 0.2) is 147 Å². The lowest BCUT2D eigenvalue weighted by atomic mass is 10.0. The number of amides is 12. The Labute approximate surface area is 741 Å². The van der Waals surface area contributed by atoms with Crippen LogP contribution in [-0.4, -0.2) is 315 Å². The summed E-state index contributed by atoms with van der Waals surface area (Å²) in [6.07, 6.45) is 21.4. The van der Waals surface area contributed by atoms with Gasteiger partial charge in [-0.3, -0.25) is 66.8 Å². The smallest absolute Gasteiger partial charge is 0.327 e. The van der Waals surface area contributed by atoms with E-state index in [1.807, 2.05) is 106 Å². The van der Waals surface area contributed by atoms with Gasteiger partial charge in [-0.15, -0.1) is 0 Å². The fourth-order valence-electron chi connectivity index (χ4n) is 18.6. The first kappa shape index (κ1) is 90.0. The number of urea groups is 2. The first-order chi connectivity index (χ1) is 62.9. The number of piperidine rings is 6. The second-order valence-corrected chi connectivity index (χ2v) is 33.8. The molecule has 16 heterocycles. The van der Waals surface area contributed by atoms with E-state index in [0.29, 0.717) is 131 Å². The maximum Gasteiger partial charge on any atom is 0.327 e. The van der Waals surface area contributed by atoms with Crippen LogP contribution in [0.4, 0.5) is 21.1 Å². The number of benzene rings is 4. The average Bonchev–Trinajstić information content (AvgIpc) is 1.65. The molecule has 10 aromatic rings. The van der Waals surface area contributed by atoms with Crippen molar-refractivity contribution in [2.45, 2.75) is 126 Å². The molecule has 39 nitrogen and oxygen atoms in total. The molecule has 20 rings (SSSR count). The van der Waals surface area contributed by atoms with Crippen molar-refractivity contribution in [2.24, 2.45) is 0 Å². The molecule has 8 saturated heterocycles. The van der Waals surface area contributed by atoms with Gasteiger partial charge < -0.3 is 79.0 Å². The minimum Gasteiger partial charge on any atom is -0.378 e. The summed E-state index contributed by atoms with van der Waals surface area (Å²) in [6.45, 7) is 15.0. The number of aromatic nitrogens is 11. The molecule has 0 atom stereocenters. The van der Waals surface area contributed by atoms with Crippen molar-refractivity contribution in [1.29, 1.82) is 0 Å². The van der Waals surface area contributed by atoms with Gasteiger partial charge in [0.05, 0.1) is 59.4 Å². The number of morpholine rings is 1. The van der Waals surface area contributed by atoms with E-state index < -0.39 is 0 Å². The zero-order chi connectivity index (χ0) is 90.0. The van der Waals surface area contributed by atoms with Gasteiger partial charge in [-0.05, 0) is 144 Å². The number of nitrogens with one attached hydrogen (secondary N) is 6. The van der Waals surface area contributed by atoms with E-state index in [9.17, 15) is 67.1 Å². The van der Waals surface area contributed by atoms with Crippen LogP contribution in [-0.2, 0) is 46.6 Å². The van der Waals surface area contributed by atoms with Gasteiger partial charge in [0, 0.05) is 190 Å². The monoisotopic (exact) mass is 1770 g/mol. The Morgan fingerprint density at radius 1 is 0.426 bits per heavy atom. The Bertz CT molecular complexity index is 5830. The van der Waals surface area contributed by atoms with E-state index in [0.717, 1.165) is 207 Å². The molecule has 0 radical (unpaired) electrons. The van der Waals surface area contributed by atoms with E-state index in [1.165, 1.54) is 6.33 Å². The number of fused-ring (bicyclic) bond motifs is 5. The summed E-state index contributed by atoms with van der Waals surface area (Å²) in [5.41, 5.74) is 9.96. The third kappa shape index (κ3) is 21.2. The fraction of sp³-hybridized carbons (Fsp3) is 0.456. The van der Waals surface area contributed by atoms with E-state index >= 15 is 0 Å². The number of pyridine rings is 1. The van der Waals surface area contributed by atoms with Gasteiger partial charge in [0.1, 0.15) is 17.7 Å². The third-order valence-corrected chi connectivity index (χ3v) is 26.0. The van der Waals surface area contributed by atoms with Crippen LogP contribution < -0.4 is 38.3 Å². The topological polar surface area (TPSA) is 429 Å². The highest BCUT2D eigenvalue weighted by Crippen LogP contribution is 2.33. The first-order valence-corrected chi connectivity index (χ1v) is 44.3. The van der Waals surface area contributed by atoms with E-state index in [2.05, 4.69) is 57.5 Å². The number of H-pyrrole nitrogens is 4. The zero-order valence-corrected chi connectivity index (χ0v) is 72.3. The minimum absolute atomic E-state index is 0.0119. The highest BCUT2D eigenvalue weighted by molar-refractivity contribution is 5.99. The van der Waals surface area contributed by atoms with Gasteiger partial charge in [0.15, 0.2) is 5.65 Å². The summed E-state index contributed by atoms with van der Waals surface area (Å²) in [6, 6.07) is 33.2. The van der Waals surface area contributed by atoms with Gasteiger partial charge in [-0.25, -0.2) is 43.7 Å². The highest BCUT2D eigenvalue weighted by Gasteiger charge is 2.36. The van der Waals surface area contributed by atoms with Gasteiger partial charge in [-0.1, -0.05) is 54.6 Å². The Hall–Kier alpha value is -13.9. The number of nitrogens with zero attached hydrogens (tertiary/aromatic N) is 18. The number of carbonyl (C=O) groups is 10. The molecule has 12 amide bonds. The summed E-state index contributed by atoms with van der Waals surface area (Å²) in [7, 11) is 2.06. The molecular weight excluding hydrogens is 1660 g/mol. The molecule has 6 aromatic heterocycles. The molecule has 39 heteroatoms. The van der Waals surface area contributed by atoms with Crippen LogP contribution in [0.1, 0.15) is 133 Å². The number of para-hydroxylation sites is 1. The minimum atomic E-state index is -0.166. The third-order valence-electron chi connectivity index (χ3n) is 26.0. The Balaban J connectivity index is 0.000000120. The molecule has 8 fully saturated rings. The lowest BCUT2D eigenvalue weighted by molar-refractivity contribution is -0.120. The maximum absolute atomic E-state index is 12.8. The number of carbonyl (C=O) groups excluding carboxylic acids is 10. The molecule has 6 N–H and O–H groups in total. The standard InChI is InChI=1S/C19H25N5O3.C18H22N4O4.C15H17N3O2.C14H17N3O2.C13H16N4O2.C11H13N5O2/c1-21-8-10-23(11-9-21)18(26)14-2-3-17-16(12-14)20-19(27)24(17)15-4-6-22(13-25)7-5-15;23-12-20-5-3-14(4-6-20)22-16-2-1-13(11-15(16)19-18(22)25)17(24)21-7-9-26-10-8-21;19-11-17-8-6-13(7-9-17)18-10-14(16-15(18)20)12-4-2-1-3-5-12;18-10-16-7-5-12(6-8-16)17-13-4-2-1-3-11(13)9-15-14(17)19;18-9-16-6-3-11(4-7-16)17-8-10-2-1-5-14-12(10)15-13(17)19;17-7-15-3-1-8(2-4-15)16-10-9(14-11(16)18)5-12-6-13-10/h2-3,12-13,15H,4-11H2,1H3,(H,20,27);1-2,11-12,14H,3-10H2,(H,19,25);1-5,10-11,13H,6-9H2,(H,16,20);1-4,10,12H,5-9H2,(H,15,19);1-2,5,9,11H,3-4,6-8H2,(H,14,15,19);5-8H,1-4H2,(H,14,18). The zero-order valence-electron chi connectivity index (χ0n) is 72.3. The molecule has 0 unspecified atom stereocenters. The van der Waals surface area contributed by atoms with Crippen LogP contribution in [0.3, 0.4) is 0 Å². The van der Waals surface area contributed by atoms with E-state index in [-0.39, 0.29) is 82.9 Å². The van der Waals surface area contributed by atoms with Crippen molar-refractivity contribution in [2.75, 3.05) is 148 Å². The summed E-state index contributed by atoms with van der Waals surface area (Å²) < 4.78 is 12.3. The molecule has 10 aliphatic rings. The molecule has 10 aliphatic heterocycles. The Kier molecular flexibility index (Phi) is 29.4. The summed E-state index contributed by atoms with van der Waals surface area (Å²) in [5.74, 6) is 0.634. The fourth-order valence-corrected chi connectivity index (χ4v) is 18.6. The van der Waals surface area contributed by atoms with Crippen LogP contribution in [0.2, 0.25) is 0 Å². The van der Waals surface area contributed by atoms with Crippen molar-refractivity contribution < 1.29 is 52.7 Å². The number of hydrogen-bond donors (Lipinski definition) is 6. The van der Waals surface area contributed by atoms with Crippen LogP contribution in [0.5, 0.6) is 0 Å². The lowest BCUT2D eigenvalue weighted by Gasteiger charge is -2.40. The summed E-state index contributed by atoms with van der Waals surface area (Å²) in [4.78, 5) is 207. The molecule has 0 spiro atoms. The summed E-state index contributed by atoms with van der Waals surface area (Å²) in [5, 5.41) is 5.74. The largest absolute Gasteiger partial charge is 0.378 e. The van der Waals surface area contributed by atoms with Crippen molar-refractivity contribution in [3.05, 3.63) is 192 Å². The van der Waals surface area contributed by atoms with Gasteiger partial charge >= 0.3 is 34.8 Å². The number of hydrogen-bond acceptors (Lipinski definition) is 19. The molecule has 0 bridgehead atoms. The second kappa shape index (κ2) is 42.2. The van der Waals surface area contributed by atoms with Crippen LogP contribution in [0, 0.1) is 0 Å². The van der Waals surface area contributed by atoms with E-state index in [1.54, 1.807) is 83.2 Å². The molecule has 0 aliphatic carbocycles. The highest BCUT2D eigenvalue weighted by atomic mass is 16.5. The van der Waals surface area contributed by atoms with Crippen LogP contribution in [0.25, 0.3) is 44.5 Å². The number of piperazine rings is 1. The molecule has 0 saturated carbocycles. The predicted molar refractivity (Wildman–Crippen MR) is 479 cm³/mol. The molecule has 129 heavy (non-hydrogen) atoms. The van der Waals surface area contributed by atoms with Crippen molar-refractivity contribution >= 4 is 107 Å². The molecule has 4 aromatic carbocycles. The lowest BCUT2D eigenvalue weighted by Crippen LogP contribution is -2.53. The van der Waals surface area contributed by atoms with E-state index in [4.69, 9.17) is 4.74 Å². The number of anilines is 2. The van der Waals surface area contributed by atoms with Crippen molar-refractivity contribution in [3.63, 3.8) is 0 Å². The normalized spacial score (nSPS) is 18.7. The number of likely N-dealkylation sites (N-methyl/N-ethyl adjacent to an activating group) is 1. The van der Waals surface area contributed by atoms with Crippen molar-refractivity contribution in [1.82, 2.24) is 107 Å². The number of aromatic amines is 4. The molecular formula is C90H110N24O15. The predicted octanol–water partition coefficient (Wildman–Crippen LogP) is 5.04. The number of imidazole rings is 4. The average molecular weight is 1770 g/mol.